The summed E-state index contributed by atoms with van der Waals surface area (Å²) in [6.45, 7) is 1.94. The molecule has 0 amide bonds. The van der Waals surface area contributed by atoms with E-state index < -0.39 is 11.8 Å². The van der Waals surface area contributed by atoms with Gasteiger partial charge in [-0.2, -0.15) is 0 Å². The van der Waals surface area contributed by atoms with Gasteiger partial charge in [0.1, 0.15) is 0 Å². The molecule has 0 bridgehead atoms. The highest BCUT2D eigenvalue weighted by atomic mass is 16.6. The van der Waals surface area contributed by atoms with Gasteiger partial charge in [0.15, 0.2) is 0 Å². The van der Waals surface area contributed by atoms with Crippen molar-refractivity contribution in [2.24, 2.45) is 0 Å². The number of aliphatic hydroxyl groups is 4. The van der Waals surface area contributed by atoms with E-state index in [0.29, 0.717) is 0 Å². The van der Waals surface area contributed by atoms with Gasteiger partial charge in [-0.1, -0.05) is 0 Å². The molecule has 0 saturated heterocycles. The van der Waals surface area contributed by atoms with Crippen molar-refractivity contribution >= 4 is 0 Å². The molecule has 0 aromatic rings. The highest BCUT2D eigenvalue weighted by Gasteiger charge is 2.25. The van der Waals surface area contributed by atoms with Gasteiger partial charge < -0.3 is 20.4 Å². The minimum Gasteiger partial charge on any atom is -0.354 e. The standard InChI is InChI=1S/C4H11NO4/c1-3(6,7)5-4(2,8)9/h5-9H,1-2H3. The van der Waals surface area contributed by atoms with Crippen molar-refractivity contribution in [3.05, 3.63) is 0 Å². The fourth-order valence-corrected chi connectivity index (χ4v) is 0.449. The van der Waals surface area contributed by atoms with Crippen molar-refractivity contribution in [2.45, 2.75) is 25.7 Å². The SMILES string of the molecule is CC(O)(O)NC(C)(O)O. The minimum absolute atomic E-state index is 0.970. The van der Waals surface area contributed by atoms with Crippen molar-refractivity contribution in [2.75, 3.05) is 0 Å². The van der Waals surface area contributed by atoms with E-state index in [2.05, 4.69) is 0 Å². The van der Waals surface area contributed by atoms with Gasteiger partial charge in [-0.05, 0) is 0 Å². The van der Waals surface area contributed by atoms with Crippen LogP contribution in [0, 0.1) is 0 Å². The van der Waals surface area contributed by atoms with E-state index >= 15 is 0 Å². The predicted octanol–water partition coefficient (Wildman–Crippen LogP) is -2.11. The molecular weight excluding hydrogens is 126 g/mol. The molecule has 9 heavy (non-hydrogen) atoms. The quantitative estimate of drug-likeness (QED) is 0.281. The van der Waals surface area contributed by atoms with E-state index in [1.807, 2.05) is 0 Å². The van der Waals surface area contributed by atoms with Crippen LogP contribution in [0.1, 0.15) is 13.8 Å². The largest absolute Gasteiger partial charge is 0.354 e. The third kappa shape index (κ3) is 7.80. The van der Waals surface area contributed by atoms with Crippen molar-refractivity contribution in [1.29, 1.82) is 0 Å². The molecule has 0 radical (unpaired) electrons. The Morgan fingerprint density at radius 2 is 1.11 bits per heavy atom. The van der Waals surface area contributed by atoms with Crippen LogP contribution in [0.15, 0.2) is 0 Å². The molecule has 5 heteroatoms. The summed E-state index contributed by atoms with van der Waals surface area (Å²) in [7, 11) is 0. The van der Waals surface area contributed by atoms with Crippen LogP contribution in [-0.4, -0.2) is 32.2 Å². The first kappa shape index (κ1) is 8.80. The molecular formula is C4H11NO4. The fraction of sp³-hybridized carbons (Fsp3) is 1.00. The molecule has 0 rings (SSSR count). The summed E-state index contributed by atoms with van der Waals surface area (Å²) in [5.41, 5.74) is 0. The molecule has 0 aromatic heterocycles. The molecule has 5 nitrogen and oxygen atoms in total. The Morgan fingerprint density at radius 1 is 0.889 bits per heavy atom. The third-order valence-corrected chi connectivity index (χ3v) is 0.474. The van der Waals surface area contributed by atoms with E-state index in [4.69, 9.17) is 20.4 Å². The maximum absolute atomic E-state index is 8.48. The normalized spacial score (nSPS) is 14.0. The highest BCUT2D eigenvalue weighted by molar-refractivity contribution is 4.58. The van der Waals surface area contributed by atoms with Crippen molar-refractivity contribution in [3.63, 3.8) is 0 Å². The van der Waals surface area contributed by atoms with Crippen LogP contribution < -0.4 is 5.32 Å². The summed E-state index contributed by atoms with van der Waals surface area (Å²) in [5, 5.41) is 35.6. The maximum atomic E-state index is 8.48. The van der Waals surface area contributed by atoms with Gasteiger partial charge in [-0.25, -0.2) is 5.32 Å². The average molecular weight is 137 g/mol. The molecule has 5 N–H and O–H groups in total. The van der Waals surface area contributed by atoms with E-state index in [0.717, 1.165) is 13.8 Å². The van der Waals surface area contributed by atoms with E-state index in [-0.39, 0.29) is 0 Å². The van der Waals surface area contributed by atoms with Gasteiger partial charge in [-0.15, -0.1) is 0 Å². The second-order valence-electron chi connectivity index (χ2n) is 2.17. The summed E-state index contributed by atoms with van der Waals surface area (Å²) in [6.07, 6.45) is 0. The lowest BCUT2D eigenvalue weighted by Crippen LogP contribution is -2.55. The lowest BCUT2D eigenvalue weighted by Gasteiger charge is -2.25. The molecule has 56 valence electrons. The number of hydrogen-bond acceptors (Lipinski definition) is 5. The zero-order valence-electron chi connectivity index (χ0n) is 5.29. The first-order valence-electron chi connectivity index (χ1n) is 2.39. The Labute approximate surface area is 52.6 Å². The monoisotopic (exact) mass is 137 g/mol. The Balaban J connectivity index is 3.75. The van der Waals surface area contributed by atoms with Gasteiger partial charge in [0.2, 0.25) is 11.8 Å². The summed E-state index contributed by atoms with van der Waals surface area (Å²) < 4.78 is 0. The maximum Gasteiger partial charge on any atom is 0.223 e. The Morgan fingerprint density at radius 3 is 1.11 bits per heavy atom. The first-order chi connectivity index (χ1) is 3.71. The Hall–Kier alpha value is -0.200. The zero-order chi connectivity index (χ0) is 7.71. The van der Waals surface area contributed by atoms with Crippen LogP contribution in [0.4, 0.5) is 0 Å². The second-order valence-corrected chi connectivity index (χ2v) is 2.17. The van der Waals surface area contributed by atoms with Gasteiger partial charge in [-0.3, -0.25) is 0 Å². The van der Waals surface area contributed by atoms with Crippen LogP contribution >= 0.6 is 0 Å². The molecule has 0 aromatic carbocycles. The summed E-state index contributed by atoms with van der Waals surface area (Å²) in [5.74, 6) is -4.53. The second kappa shape index (κ2) is 2.20. The van der Waals surface area contributed by atoms with Gasteiger partial charge in [0.05, 0.1) is 0 Å². The average Bonchev–Trinajstić information content (AvgIpc) is 1.14. The molecule has 0 aliphatic carbocycles. The summed E-state index contributed by atoms with van der Waals surface area (Å²) in [6, 6.07) is 0. The Bertz CT molecular complexity index is 77.7. The topological polar surface area (TPSA) is 93.0 Å². The zero-order valence-corrected chi connectivity index (χ0v) is 5.29. The van der Waals surface area contributed by atoms with Gasteiger partial charge in [0, 0.05) is 13.8 Å². The molecule has 0 spiro atoms. The summed E-state index contributed by atoms with van der Waals surface area (Å²) >= 11 is 0. The van der Waals surface area contributed by atoms with E-state index in [9.17, 15) is 0 Å². The molecule has 0 saturated carbocycles. The van der Waals surface area contributed by atoms with Crippen LogP contribution in [0.2, 0.25) is 0 Å². The minimum atomic E-state index is -2.27. The Kier molecular flexibility index (Phi) is 2.15. The van der Waals surface area contributed by atoms with E-state index in [1.54, 1.807) is 5.32 Å². The smallest absolute Gasteiger partial charge is 0.223 e. The molecule has 0 unspecified atom stereocenters. The van der Waals surface area contributed by atoms with Gasteiger partial charge >= 0.3 is 0 Å². The predicted molar refractivity (Wildman–Crippen MR) is 28.8 cm³/mol. The van der Waals surface area contributed by atoms with Crippen LogP contribution in [0.25, 0.3) is 0 Å². The highest BCUT2D eigenvalue weighted by Crippen LogP contribution is 1.98. The van der Waals surface area contributed by atoms with Crippen LogP contribution in [0.3, 0.4) is 0 Å². The molecule has 0 aliphatic rings. The summed E-state index contributed by atoms with van der Waals surface area (Å²) in [4.78, 5) is 0. The van der Waals surface area contributed by atoms with E-state index in [1.165, 1.54) is 0 Å². The third-order valence-electron chi connectivity index (χ3n) is 0.474. The molecule has 0 aliphatic heterocycles. The fourth-order valence-electron chi connectivity index (χ4n) is 0.449. The lowest BCUT2D eigenvalue weighted by molar-refractivity contribution is -0.270. The molecule has 0 atom stereocenters. The van der Waals surface area contributed by atoms with Gasteiger partial charge in [0.25, 0.3) is 0 Å². The molecule has 0 heterocycles. The lowest BCUT2D eigenvalue weighted by atomic mass is 10.4. The number of hydrogen-bond donors (Lipinski definition) is 5. The van der Waals surface area contributed by atoms with Crippen LogP contribution in [-0.2, 0) is 0 Å². The molecule has 0 fully saturated rings. The first-order valence-corrected chi connectivity index (χ1v) is 2.39. The number of nitrogens with one attached hydrogen (secondary N) is 1. The van der Waals surface area contributed by atoms with Crippen molar-refractivity contribution in [1.82, 2.24) is 5.32 Å². The van der Waals surface area contributed by atoms with Crippen molar-refractivity contribution in [3.8, 4) is 0 Å². The number of rotatable bonds is 2. The van der Waals surface area contributed by atoms with Crippen molar-refractivity contribution < 1.29 is 20.4 Å². The van der Waals surface area contributed by atoms with Crippen LogP contribution in [0.5, 0.6) is 0 Å².